The van der Waals surface area contributed by atoms with Gasteiger partial charge in [0.05, 0.1) is 22.1 Å². The van der Waals surface area contributed by atoms with Crippen LogP contribution in [0.25, 0.3) is 0 Å². The number of hydrogen-bond donors (Lipinski definition) is 0. The van der Waals surface area contributed by atoms with Gasteiger partial charge in [-0.15, -0.1) is 0 Å². The molecule has 3 nitrogen and oxygen atoms in total. The summed E-state index contributed by atoms with van der Waals surface area (Å²) in [5.74, 6) is 0.0992. The van der Waals surface area contributed by atoms with E-state index in [4.69, 9.17) is 5.26 Å². The Morgan fingerprint density at radius 2 is 1.89 bits per heavy atom. The van der Waals surface area contributed by atoms with Gasteiger partial charge in [-0.2, -0.15) is 5.26 Å². The zero-order valence-electron chi connectivity index (χ0n) is 12.0. The molecule has 1 aromatic rings. The maximum absolute atomic E-state index is 12.3. The predicted octanol–water partition coefficient (Wildman–Crippen LogP) is 3.41. The maximum atomic E-state index is 12.3. The van der Waals surface area contributed by atoms with Gasteiger partial charge in [-0.1, -0.05) is 17.7 Å². The molecule has 0 atom stereocenters. The van der Waals surface area contributed by atoms with Gasteiger partial charge >= 0.3 is 0 Å². The van der Waals surface area contributed by atoms with E-state index in [-0.39, 0.29) is 5.75 Å². The highest BCUT2D eigenvalue weighted by molar-refractivity contribution is 7.91. The standard InChI is InChI=1S/C15H21NO2S/c1-12-6-7-14(13(2)10-12)19(17,18)9-5-8-15(3,4)11-16/h6-7,10H,5,8-9H2,1-4H3. The highest BCUT2D eigenvalue weighted by Crippen LogP contribution is 2.24. The highest BCUT2D eigenvalue weighted by atomic mass is 32.2. The predicted molar refractivity (Wildman–Crippen MR) is 76.6 cm³/mol. The minimum absolute atomic E-state index is 0.0992. The summed E-state index contributed by atoms with van der Waals surface area (Å²) in [6.45, 7) is 7.42. The molecule has 0 amide bonds. The van der Waals surface area contributed by atoms with Gasteiger partial charge in [0.1, 0.15) is 0 Å². The fourth-order valence-corrected chi connectivity index (χ4v) is 3.59. The van der Waals surface area contributed by atoms with Crippen LogP contribution in [0.5, 0.6) is 0 Å². The van der Waals surface area contributed by atoms with Gasteiger partial charge in [0.15, 0.2) is 9.84 Å². The van der Waals surface area contributed by atoms with Crippen LogP contribution in [0.4, 0.5) is 0 Å². The van der Waals surface area contributed by atoms with Gasteiger partial charge in [-0.25, -0.2) is 8.42 Å². The third kappa shape index (κ3) is 4.36. The van der Waals surface area contributed by atoms with Crippen molar-refractivity contribution in [2.24, 2.45) is 5.41 Å². The van der Waals surface area contributed by atoms with Crippen LogP contribution < -0.4 is 0 Å². The van der Waals surface area contributed by atoms with Crippen molar-refractivity contribution in [2.75, 3.05) is 5.75 Å². The zero-order valence-corrected chi connectivity index (χ0v) is 12.8. The maximum Gasteiger partial charge on any atom is 0.178 e. The van der Waals surface area contributed by atoms with E-state index in [0.717, 1.165) is 11.1 Å². The first kappa shape index (κ1) is 15.7. The summed E-state index contributed by atoms with van der Waals surface area (Å²) in [6.07, 6.45) is 1.10. The summed E-state index contributed by atoms with van der Waals surface area (Å²) < 4.78 is 24.5. The minimum atomic E-state index is -3.25. The number of rotatable bonds is 5. The van der Waals surface area contributed by atoms with Crippen molar-refractivity contribution < 1.29 is 8.42 Å². The van der Waals surface area contributed by atoms with E-state index in [1.807, 2.05) is 39.8 Å². The second kappa shape index (κ2) is 5.75. The molecule has 0 saturated heterocycles. The Bertz CT molecular complexity index is 595. The van der Waals surface area contributed by atoms with Gasteiger partial charge in [-0.3, -0.25) is 0 Å². The first-order valence-corrected chi connectivity index (χ1v) is 8.04. The summed E-state index contributed by atoms with van der Waals surface area (Å²) in [4.78, 5) is 0.410. The van der Waals surface area contributed by atoms with Gasteiger partial charge in [-0.05, 0) is 52.2 Å². The Balaban J connectivity index is 2.80. The van der Waals surface area contributed by atoms with Crippen LogP contribution in [0.15, 0.2) is 23.1 Å². The molecule has 0 heterocycles. The second-order valence-corrected chi connectivity index (χ2v) is 7.76. The van der Waals surface area contributed by atoms with E-state index in [1.54, 1.807) is 6.07 Å². The number of sulfone groups is 1. The lowest BCUT2D eigenvalue weighted by atomic mass is 9.90. The Morgan fingerprint density at radius 1 is 1.26 bits per heavy atom. The Hall–Kier alpha value is -1.34. The highest BCUT2D eigenvalue weighted by Gasteiger charge is 2.21. The summed E-state index contributed by atoms with van der Waals surface area (Å²) in [5, 5.41) is 8.92. The number of aryl methyl sites for hydroxylation is 2. The van der Waals surface area contributed by atoms with Gasteiger partial charge in [0, 0.05) is 0 Å². The first-order chi connectivity index (χ1) is 8.68. The number of benzene rings is 1. The summed E-state index contributed by atoms with van der Waals surface area (Å²) >= 11 is 0. The molecule has 0 bridgehead atoms. The molecule has 0 N–H and O–H groups in total. The van der Waals surface area contributed by atoms with Crippen molar-refractivity contribution in [1.82, 2.24) is 0 Å². The van der Waals surface area contributed by atoms with Gasteiger partial charge in [0.25, 0.3) is 0 Å². The lowest BCUT2D eigenvalue weighted by Gasteiger charge is -2.15. The molecule has 0 unspecified atom stereocenters. The SMILES string of the molecule is Cc1ccc(S(=O)(=O)CCCC(C)(C)C#N)c(C)c1. The first-order valence-electron chi connectivity index (χ1n) is 6.39. The molecule has 0 saturated carbocycles. The monoisotopic (exact) mass is 279 g/mol. The topological polar surface area (TPSA) is 57.9 Å². The zero-order chi connectivity index (χ0) is 14.7. The molecule has 0 fully saturated rings. The lowest BCUT2D eigenvalue weighted by molar-refractivity contribution is 0.445. The number of nitriles is 1. The third-order valence-corrected chi connectivity index (χ3v) is 5.14. The Labute approximate surface area is 116 Å². The molecule has 19 heavy (non-hydrogen) atoms. The minimum Gasteiger partial charge on any atom is -0.224 e. The number of hydrogen-bond acceptors (Lipinski definition) is 3. The van der Waals surface area contributed by atoms with Crippen LogP contribution in [0, 0.1) is 30.6 Å². The van der Waals surface area contributed by atoms with Crippen LogP contribution in [-0.4, -0.2) is 14.2 Å². The summed E-state index contributed by atoms with van der Waals surface area (Å²) in [6, 6.07) is 7.57. The van der Waals surface area contributed by atoms with Crippen LogP contribution in [0.1, 0.15) is 37.8 Å². The van der Waals surface area contributed by atoms with E-state index < -0.39 is 15.3 Å². The molecule has 1 aromatic carbocycles. The van der Waals surface area contributed by atoms with Crippen molar-refractivity contribution in [3.05, 3.63) is 29.3 Å². The van der Waals surface area contributed by atoms with Crippen LogP contribution in [0.3, 0.4) is 0 Å². The van der Waals surface area contributed by atoms with E-state index in [9.17, 15) is 8.42 Å². The quantitative estimate of drug-likeness (QED) is 0.830. The average molecular weight is 279 g/mol. The van der Waals surface area contributed by atoms with Crippen LogP contribution >= 0.6 is 0 Å². The van der Waals surface area contributed by atoms with E-state index in [1.165, 1.54) is 0 Å². The molecule has 0 aliphatic carbocycles. The molecule has 4 heteroatoms. The molecular formula is C15H21NO2S. The van der Waals surface area contributed by atoms with Crippen molar-refractivity contribution in [1.29, 1.82) is 5.26 Å². The summed E-state index contributed by atoms with van der Waals surface area (Å²) in [7, 11) is -3.25. The average Bonchev–Trinajstić information content (AvgIpc) is 2.27. The van der Waals surface area contributed by atoms with Gasteiger partial charge < -0.3 is 0 Å². The third-order valence-electron chi connectivity index (χ3n) is 3.18. The molecule has 1 rings (SSSR count). The molecule has 0 radical (unpaired) electrons. The fourth-order valence-electron chi connectivity index (χ4n) is 2.02. The van der Waals surface area contributed by atoms with Crippen LogP contribution in [-0.2, 0) is 9.84 Å². The molecule has 0 aromatic heterocycles. The fraction of sp³-hybridized carbons (Fsp3) is 0.533. The van der Waals surface area contributed by atoms with Crippen molar-refractivity contribution in [3.63, 3.8) is 0 Å². The van der Waals surface area contributed by atoms with E-state index >= 15 is 0 Å². The second-order valence-electron chi connectivity index (χ2n) is 5.69. The van der Waals surface area contributed by atoms with Crippen molar-refractivity contribution >= 4 is 9.84 Å². The molecule has 0 spiro atoms. The molecule has 104 valence electrons. The molecule has 0 aliphatic rings. The van der Waals surface area contributed by atoms with Crippen molar-refractivity contribution in [2.45, 2.75) is 45.4 Å². The molecular weight excluding hydrogens is 258 g/mol. The Morgan fingerprint density at radius 3 is 2.42 bits per heavy atom. The molecule has 0 aliphatic heterocycles. The van der Waals surface area contributed by atoms with E-state index in [0.29, 0.717) is 17.7 Å². The lowest BCUT2D eigenvalue weighted by Crippen LogP contribution is -2.13. The summed E-state index contributed by atoms with van der Waals surface area (Å²) in [5.41, 5.74) is 1.39. The normalized spacial score (nSPS) is 12.2. The van der Waals surface area contributed by atoms with Crippen LogP contribution in [0.2, 0.25) is 0 Å². The smallest absolute Gasteiger partial charge is 0.178 e. The van der Waals surface area contributed by atoms with Gasteiger partial charge in [0.2, 0.25) is 0 Å². The number of nitrogens with zero attached hydrogens (tertiary/aromatic N) is 1. The Kier molecular flexibility index (Phi) is 4.75. The van der Waals surface area contributed by atoms with Crippen molar-refractivity contribution in [3.8, 4) is 6.07 Å². The van der Waals surface area contributed by atoms with E-state index in [2.05, 4.69) is 6.07 Å². The largest absolute Gasteiger partial charge is 0.224 e.